The number of nitrogens with one attached hydrogen (secondary N) is 1. The van der Waals surface area contributed by atoms with Crippen molar-refractivity contribution in [2.45, 2.75) is 13.0 Å². The normalized spacial score (nSPS) is 15.6. The lowest BCUT2D eigenvalue weighted by Gasteiger charge is -2.24. The number of thiophene rings is 1. The molecule has 2 aromatic heterocycles. The molecule has 0 radical (unpaired) electrons. The number of para-hydroxylation sites is 1. The van der Waals surface area contributed by atoms with Crippen LogP contribution in [0.1, 0.15) is 23.4 Å². The van der Waals surface area contributed by atoms with E-state index in [9.17, 15) is 9.59 Å². The molecule has 1 aliphatic heterocycles. The Labute approximate surface area is 203 Å². The molecule has 2 aromatic carbocycles. The standard InChI is InChI=1S/C26H21N3O3S2/c1-16-22(24(30)28-18-7-4-3-5-8-18)23(20-9-6-14-33-20)29-25(31)21(34-26(29)27-16)15-17-10-12-19(32-2)13-11-17/h3-15,23H,1-2H3,(H,28,30)/b21-15+. The lowest BCUT2D eigenvalue weighted by molar-refractivity contribution is -0.113. The van der Waals surface area contributed by atoms with E-state index >= 15 is 0 Å². The van der Waals surface area contributed by atoms with Crippen molar-refractivity contribution in [2.75, 3.05) is 12.4 Å². The molecule has 0 bridgehead atoms. The highest BCUT2D eigenvalue weighted by Gasteiger charge is 2.33. The lowest BCUT2D eigenvalue weighted by atomic mass is 10.0. The first-order valence-corrected chi connectivity index (χ1v) is 12.3. The van der Waals surface area contributed by atoms with Crippen LogP contribution >= 0.6 is 22.7 Å². The van der Waals surface area contributed by atoms with Gasteiger partial charge in [-0.3, -0.25) is 14.2 Å². The van der Waals surface area contributed by atoms with Crippen molar-refractivity contribution in [3.63, 3.8) is 0 Å². The van der Waals surface area contributed by atoms with Gasteiger partial charge in [-0.25, -0.2) is 4.99 Å². The van der Waals surface area contributed by atoms with Crippen LogP contribution in [-0.2, 0) is 4.79 Å². The Hall–Kier alpha value is -3.75. The molecule has 3 heterocycles. The van der Waals surface area contributed by atoms with Crippen LogP contribution in [0.5, 0.6) is 5.75 Å². The molecule has 6 nitrogen and oxygen atoms in total. The molecule has 1 N–H and O–H groups in total. The van der Waals surface area contributed by atoms with E-state index in [0.717, 1.165) is 16.2 Å². The van der Waals surface area contributed by atoms with Gasteiger partial charge in [-0.1, -0.05) is 47.7 Å². The van der Waals surface area contributed by atoms with Gasteiger partial charge in [0.15, 0.2) is 4.80 Å². The Balaban J connectivity index is 1.62. The fraction of sp³-hybridized carbons (Fsp3) is 0.115. The topological polar surface area (TPSA) is 72.7 Å². The van der Waals surface area contributed by atoms with Crippen molar-refractivity contribution in [3.8, 4) is 5.75 Å². The van der Waals surface area contributed by atoms with Crippen molar-refractivity contribution in [2.24, 2.45) is 4.99 Å². The zero-order valence-electron chi connectivity index (χ0n) is 18.5. The maximum absolute atomic E-state index is 13.6. The van der Waals surface area contributed by atoms with Gasteiger partial charge in [-0.2, -0.15) is 0 Å². The Morgan fingerprint density at radius 1 is 1.09 bits per heavy atom. The van der Waals surface area contributed by atoms with Crippen molar-refractivity contribution in [3.05, 3.63) is 114 Å². The van der Waals surface area contributed by atoms with Crippen LogP contribution in [0.25, 0.3) is 6.08 Å². The first-order valence-electron chi connectivity index (χ1n) is 10.6. The Morgan fingerprint density at radius 2 is 1.85 bits per heavy atom. The minimum atomic E-state index is -0.544. The average molecular weight is 488 g/mol. The second-order valence-electron chi connectivity index (χ2n) is 7.69. The minimum absolute atomic E-state index is 0.171. The number of hydrogen-bond donors (Lipinski definition) is 1. The number of methoxy groups -OCH3 is 1. The first kappa shape index (κ1) is 22.1. The van der Waals surface area contributed by atoms with E-state index in [-0.39, 0.29) is 11.5 Å². The van der Waals surface area contributed by atoms with Crippen molar-refractivity contribution in [1.29, 1.82) is 0 Å². The van der Waals surface area contributed by atoms with Crippen LogP contribution in [0, 0.1) is 0 Å². The molecule has 0 saturated carbocycles. The van der Waals surface area contributed by atoms with E-state index < -0.39 is 6.04 Å². The smallest absolute Gasteiger partial charge is 0.271 e. The summed E-state index contributed by atoms with van der Waals surface area (Å²) >= 11 is 2.84. The molecule has 0 aliphatic carbocycles. The molecule has 5 rings (SSSR count). The van der Waals surface area contributed by atoms with Gasteiger partial charge in [0.2, 0.25) is 0 Å². The number of carbonyl (C=O) groups excluding carboxylic acids is 1. The third kappa shape index (κ3) is 4.13. The molecule has 4 aromatic rings. The SMILES string of the molecule is COc1ccc(/C=c2/sc3n(c2=O)C(c2cccs2)C(C(=O)Nc2ccccc2)=C(C)N=3)cc1. The van der Waals surface area contributed by atoms with Gasteiger partial charge in [0, 0.05) is 10.6 Å². The van der Waals surface area contributed by atoms with Crippen LogP contribution in [-0.4, -0.2) is 17.6 Å². The van der Waals surface area contributed by atoms with E-state index in [4.69, 9.17) is 4.74 Å². The molecular formula is C26H21N3O3S2. The predicted octanol–water partition coefficient (Wildman–Crippen LogP) is 3.94. The van der Waals surface area contributed by atoms with Gasteiger partial charge in [0.1, 0.15) is 11.8 Å². The van der Waals surface area contributed by atoms with Gasteiger partial charge < -0.3 is 10.1 Å². The van der Waals surface area contributed by atoms with E-state index in [0.29, 0.717) is 26.3 Å². The predicted molar refractivity (Wildman–Crippen MR) is 136 cm³/mol. The Kier molecular flexibility index (Phi) is 6.00. The number of fused-ring (bicyclic) bond motifs is 1. The van der Waals surface area contributed by atoms with Crippen LogP contribution in [0.15, 0.2) is 93.2 Å². The molecule has 170 valence electrons. The molecule has 1 unspecified atom stereocenters. The number of allylic oxidation sites excluding steroid dienone is 1. The zero-order valence-corrected chi connectivity index (χ0v) is 20.2. The first-order chi connectivity index (χ1) is 16.5. The van der Waals surface area contributed by atoms with Crippen LogP contribution in [0.4, 0.5) is 5.69 Å². The van der Waals surface area contributed by atoms with Gasteiger partial charge in [-0.15, -0.1) is 11.3 Å². The molecule has 1 aliphatic rings. The number of amides is 1. The molecule has 0 saturated heterocycles. The number of anilines is 1. The molecule has 1 amide bonds. The summed E-state index contributed by atoms with van der Waals surface area (Å²) in [6.45, 7) is 1.82. The monoisotopic (exact) mass is 487 g/mol. The quantitative estimate of drug-likeness (QED) is 0.463. The Bertz CT molecular complexity index is 1550. The number of benzene rings is 2. The summed E-state index contributed by atoms with van der Waals surface area (Å²) in [6.07, 6.45) is 1.85. The maximum atomic E-state index is 13.6. The molecular weight excluding hydrogens is 466 g/mol. The second-order valence-corrected chi connectivity index (χ2v) is 9.68. The summed E-state index contributed by atoms with van der Waals surface area (Å²) in [5.74, 6) is 0.483. The summed E-state index contributed by atoms with van der Waals surface area (Å²) in [7, 11) is 1.62. The van der Waals surface area contributed by atoms with Gasteiger partial charge in [0.25, 0.3) is 11.5 Å². The zero-order chi connectivity index (χ0) is 23.7. The van der Waals surface area contributed by atoms with Crippen LogP contribution in [0.2, 0.25) is 0 Å². The van der Waals surface area contributed by atoms with Gasteiger partial charge in [0.05, 0.1) is 22.9 Å². The lowest BCUT2D eigenvalue weighted by Crippen LogP contribution is -2.40. The van der Waals surface area contributed by atoms with E-state index in [1.165, 1.54) is 22.7 Å². The van der Waals surface area contributed by atoms with Crippen molar-refractivity contribution >= 4 is 40.3 Å². The number of rotatable bonds is 5. The number of carbonyl (C=O) groups is 1. The number of ether oxygens (including phenoxy) is 1. The summed E-state index contributed by atoms with van der Waals surface area (Å²) in [4.78, 5) is 33.1. The minimum Gasteiger partial charge on any atom is -0.497 e. The van der Waals surface area contributed by atoms with Crippen molar-refractivity contribution in [1.82, 2.24) is 4.57 Å². The van der Waals surface area contributed by atoms with Crippen LogP contribution in [0.3, 0.4) is 0 Å². The van der Waals surface area contributed by atoms with Gasteiger partial charge >= 0.3 is 0 Å². The van der Waals surface area contributed by atoms with Crippen molar-refractivity contribution < 1.29 is 9.53 Å². The van der Waals surface area contributed by atoms with E-state index in [2.05, 4.69) is 10.3 Å². The fourth-order valence-corrected chi connectivity index (χ4v) is 5.77. The van der Waals surface area contributed by atoms with E-state index in [1.54, 1.807) is 11.7 Å². The highest BCUT2D eigenvalue weighted by atomic mass is 32.1. The summed E-state index contributed by atoms with van der Waals surface area (Å²) < 4.78 is 7.42. The second kappa shape index (κ2) is 9.24. The number of nitrogens with zero attached hydrogens (tertiary/aromatic N) is 2. The number of aromatic nitrogens is 1. The highest BCUT2D eigenvalue weighted by molar-refractivity contribution is 7.10. The number of thiazole rings is 1. The molecule has 0 fully saturated rings. The Morgan fingerprint density at radius 3 is 2.53 bits per heavy atom. The third-order valence-corrected chi connectivity index (χ3v) is 7.43. The van der Waals surface area contributed by atoms with E-state index in [1.807, 2.05) is 85.1 Å². The summed E-state index contributed by atoms with van der Waals surface area (Å²) in [6, 6.07) is 20.1. The fourth-order valence-electron chi connectivity index (χ4n) is 3.90. The van der Waals surface area contributed by atoms with Crippen LogP contribution < -0.4 is 24.9 Å². The molecule has 34 heavy (non-hydrogen) atoms. The summed E-state index contributed by atoms with van der Waals surface area (Å²) in [5, 5.41) is 4.91. The maximum Gasteiger partial charge on any atom is 0.271 e. The number of hydrogen-bond acceptors (Lipinski definition) is 6. The van der Waals surface area contributed by atoms with Gasteiger partial charge in [-0.05, 0) is 54.3 Å². The molecule has 1 atom stereocenters. The summed E-state index contributed by atoms with van der Waals surface area (Å²) in [5.41, 5.74) is 2.47. The largest absolute Gasteiger partial charge is 0.497 e. The molecule has 0 spiro atoms. The molecule has 8 heteroatoms. The highest BCUT2D eigenvalue weighted by Crippen LogP contribution is 2.33. The third-order valence-electron chi connectivity index (χ3n) is 5.52. The average Bonchev–Trinajstić information content (AvgIpc) is 3.48.